The van der Waals surface area contributed by atoms with Crippen molar-refractivity contribution in [3.63, 3.8) is 0 Å². The van der Waals surface area contributed by atoms with E-state index in [0.717, 1.165) is 16.1 Å². The second-order valence-electron chi connectivity index (χ2n) is 5.50. The summed E-state index contributed by atoms with van der Waals surface area (Å²) in [5, 5.41) is 11.6. The maximum Gasteiger partial charge on any atom is 0.337 e. The van der Waals surface area contributed by atoms with Crippen molar-refractivity contribution in [3.8, 4) is 0 Å². The Morgan fingerprint density at radius 1 is 1.08 bits per heavy atom. The molecule has 7 nitrogen and oxygen atoms in total. The highest BCUT2D eigenvalue weighted by Crippen LogP contribution is 2.19. The molecular weight excluding hydrogens is 344 g/mol. The first-order valence-electron chi connectivity index (χ1n) is 7.35. The number of amides is 1. The van der Waals surface area contributed by atoms with Gasteiger partial charge in [-0.25, -0.2) is 13.2 Å². The fraction of sp³-hybridized carbons (Fsp3) is 0.176. The van der Waals surface area contributed by atoms with Gasteiger partial charge in [0, 0.05) is 0 Å². The predicted octanol–water partition coefficient (Wildman–Crippen LogP) is 2.10. The third-order valence-electron chi connectivity index (χ3n) is 3.44. The first-order chi connectivity index (χ1) is 11.7. The first-order valence-corrected chi connectivity index (χ1v) is 9.20. The van der Waals surface area contributed by atoms with E-state index in [9.17, 15) is 18.0 Å². The Bertz CT molecular complexity index is 892. The van der Waals surface area contributed by atoms with Gasteiger partial charge >= 0.3 is 5.97 Å². The van der Waals surface area contributed by atoms with Crippen LogP contribution in [0.15, 0.2) is 48.5 Å². The van der Waals surface area contributed by atoms with Crippen LogP contribution in [0.2, 0.25) is 0 Å². The highest BCUT2D eigenvalue weighted by Gasteiger charge is 2.21. The van der Waals surface area contributed by atoms with Gasteiger partial charge in [-0.15, -0.1) is 0 Å². The van der Waals surface area contributed by atoms with Gasteiger partial charge in [0.15, 0.2) is 0 Å². The lowest BCUT2D eigenvalue weighted by Gasteiger charge is -2.22. The second-order valence-corrected chi connectivity index (χ2v) is 7.41. The van der Waals surface area contributed by atoms with E-state index >= 15 is 0 Å². The Hall–Kier alpha value is -2.87. The Kier molecular flexibility index (Phi) is 5.43. The normalized spacial score (nSPS) is 11.0. The predicted molar refractivity (Wildman–Crippen MR) is 95.4 cm³/mol. The SMILES string of the molecule is Cc1ccc(N(CC(=O)Nc2ccccc2C(=O)O)S(C)(=O)=O)cc1. The summed E-state index contributed by atoms with van der Waals surface area (Å²) in [6, 6.07) is 12.6. The Labute approximate surface area is 146 Å². The first kappa shape index (κ1) is 18.5. The molecule has 2 N–H and O–H groups in total. The number of carbonyl (C=O) groups excluding carboxylic acids is 1. The molecule has 25 heavy (non-hydrogen) atoms. The molecular formula is C17H18N2O5S. The van der Waals surface area contributed by atoms with E-state index in [1.807, 2.05) is 6.92 Å². The van der Waals surface area contributed by atoms with Crippen LogP contribution in [0.3, 0.4) is 0 Å². The Morgan fingerprint density at radius 2 is 1.68 bits per heavy atom. The van der Waals surface area contributed by atoms with Gasteiger partial charge in [-0.1, -0.05) is 29.8 Å². The van der Waals surface area contributed by atoms with Gasteiger partial charge in [-0.2, -0.15) is 0 Å². The van der Waals surface area contributed by atoms with Gasteiger partial charge < -0.3 is 10.4 Å². The summed E-state index contributed by atoms with van der Waals surface area (Å²) in [7, 11) is -3.69. The van der Waals surface area contributed by atoms with Crippen LogP contribution in [0, 0.1) is 6.92 Å². The number of benzene rings is 2. The molecule has 0 unspecified atom stereocenters. The molecule has 1 amide bonds. The number of carboxylic acid groups (broad SMARTS) is 1. The van der Waals surface area contributed by atoms with Crippen LogP contribution in [-0.4, -0.2) is 38.2 Å². The largest absolute Gasteiger partial charge is 0.478 e. The third kappa shape index (κ3) is 4.80. The zero-order valence-electron chi connectivity index (χ0n) is 13.8. The molecule has 0 heterocycles. The van der Waals surface area contributed by atoms with Crippen LogP contribution in [0.25, 0.3) is 0 Å². The summed E-state index contributed by atoms with van der Waals surface area (Å²) in [6.45, 7) is 1.40. The van der Waals surface area contributed by atoms with Gasteiger partial charge in [0.25, 0.3) is 0 Å². The molecule has 0 aliphatic rings. The van der Waals surface area contributed by atoms with Crippen molar-refractivity contribution in [2.24, 2.45) is 0 Å². The minimum Gasteiger partial charge on any atom is -0.478 e. The van der Waals surface area contributed by atoms with Crippen LogP contribution in [0.5, 0.6) is 0 Å². The molecule has 2 aromatic rings. The number of sulfonamides is 1. The summed E-state index contributed by atoms with van der Waals surface area (Å²) in [4.78, 5) is 23.5. The van der Waals surface area contributed by atoms with Crippen LogP contribution in [0.1, 0.15) is 15.9 Å². The number of carboxylic acids is 1. The van der Waals surface area contributed by atoms with Gasteiger partial charge in [0.1, 0.15) is 6.54 Å². The lowest BCUT2D eigenvalue weighted by molar-refractivity contribution is -0.114. The zero-order valence-corrected chi connectivity index (χ0v) is 14.6. The molecule has 2 aromatic carbocycles. The van der Waals surface area contributed by atoms with Crippen LogP contribution in [-0.2, 0) is 14.8 Å². The maximum absolute atomic E-state index is 12.3. The van der Waals surface area contributed by atoms with E-state index < -0.39 is 28.4 Å². The molecule has 0 bridgehead atoms. The molecule has 2 rings (SSSR count). The lowest BCUT2D eigenvalue weighted by atomic mass is 10.2. The molecule has 8 heteroatoms. The van der Waals surface area contributed by atoms with E-state index in [2.05, 4.69) is 5.32 Å². The van der Waals surface area contributed by atoms with Crippen molar-refractivity contribution in [2.45, 2.75) is 6.92 Å². The fourth-order valence-electron chi connectivity index (χ4n) is 2.21. The Balaban J connectivity index is 2.24. The van der Waals surface area contributed by atoms with Crippen LogP contribution in [0.4, 0.5) is 11.4 Å². The molecule has 132 valence electrons. The van der Waals surface area contributed by atoms with Gasteiger partial charge in [0.2, 0.25) is 15.9 Å². The summed E-state index contributed by atoms with van der Waals surface area (Å²) in [5.41, 5.74) is 1.35. The van der Waals surface area contributed by atoms with Gasteiger partial charge in [-0.05, 0) is 31.2 Å². The average molecular weight is 362 g/mol. The number of hydrogen-bond acceptors (Lipinski definition) is 4. The minimum absolute atomic E-state index is 0.0721. The zero-order chi connectivity index (χ0) is 18.6. The topological polar surface area (TPSA) is 104 Å². The van der Waals surface area contributed by atoms with Gasteiger partial charge in [0.05, 0.1) is 23.2 Å². The Morgan fingerprint density at radius 3 is 2.24 bits per heavy atom. The van der Waals surface area contributed by atoms with Crippen molar-refractivity contribution in [1.29, 1.82) is 0 Å². The quantitative estimate of drug-likeness (QED) is 0.819. The smallest absolute Gasteiger partial charge is 0.337 e. The van der Waals surface area contributed by atoms with Crippen molar-refractivity contribution in [2.75, 3.05) is 22.4 Å². The van der Waals surface area contributed by atoms with Crippen molar-refractivity contribution in [1.82, 2.24) is 0 Å². The summed E-state index contributed by atoms with van der Waals surface area (Å²) in [5.74, 6) is -1.82. The summed E-state index contributed by atoms with van der Waals surface area (Å²) >= 11 is 0. The number of carbonyl (C=O) groups is 2. The van der Waals surface area contributed by atoms with Crippen molar-refractivity contribution in [3.05, 3.63) is 59.7 Å². The monoisotopic (exact) mass is 362 g/mol. The van der Waals surface area contributed by atoms with E-state index in [0.29, 0.717) is 5.69 Å². The van der Waals surface area contributed by atoms with E-state index in [-0.39, 0.29) is 11.3 Å². The number of anilines is 2. The van der Waals surface area contributed by atoms with Crippen LogP contribution < -0.4 is 9.62 Å². The molecule has 0 aromatic heterocycles. The molecule has 0 atom stereocenters. The fourth-order valence-corrected chi connectivity index (χ4v) is 3.07. The molecule has 0 radical (unpaired) electrons. The number of hydrogen-bond donors (Lipinski definition) is 2. The molecule has 0 saturated carbocycles. The molecule has 0 aliphatic carbocycles. The number of nitrogens with zero attached hydrogens (tertiary/aromatic N) is 1. The highest BCUT2D eigenvalue weighted by atomic mass is 32.2. The summed E-state index contributed by atoms with van der Waals surface area (Å²) < 4.78 is 25.0. The maximum atomic E-state index is 12.3. The summed E-state index contributed by atoms with van der Waals surface area (Å²) in [6.07, 6.45) is 1.01. The average Bonchev–Trinajstić information content (AvgIpc) is 2.53. The van der Waals surface area contributed by atoms with Crippen molar-refractivity contribution >= 4 is 33.3 Å². The number of para-hydroxylation sites is 1. The molecule has 0 saturated heterocycles. The van der Waals surface area contributed by atoms with Crippen molar-refractivity contribution < 1.29 is 23.1 Å². The molecule has 0 aliphatic heterocycles. The third-order valence-corrected chi connectivity index (χ3v) is 4.58. The second kappa shape index (κ2) is 7.35. The van der Waals surface area contributed by atoms with Crippen LogP contribution >= 0.6 is 0 Å². The van der Waals surface area contributed by atoms with Gasteiger partial charge in [-0.3, -0.25) is 9.10 Å². The number of nitrogens with one attached hydrogen (secondary N) is 1. The highest BCUT2D eigenvalue weighted by molar-refractivity contribution is 7.92. The number of aryl methyl sites for hydroxylation is 1. The lowest BCUT2D eigenvalue weighted by Crippen LogP contribution is -2.37. The van der Waals surface area contributed by atoms with E-state index in [1.165, 1.54) is 18.2 Å². The number of rotatable bonds is 6. The molecule has 0 spiro atoms. The minimum atomic E-state index is -3.69. The molecule has 0 fully saturated rings. The standard InChI is InChI=1S/C17H18N2O5S/c1-12-7-9-13(10-8-12)19(25(2,23)24)11-16(20)18-15-6-4-3-5-14(15)17(21)22/h3-10H,11H2,1-2H3,(H,18,20)(H,21,22). The number of aromatic carboxylic acids is 1. The van der Waals surface area contributed by atoms with E-state index in [4.69, 9.17) is 5.11 Å². The van der Waals surface area contributed by atoms with E-state index in [1.54, 1.807) is 30.3 Å².